The highest BCUT2D eigenvalue weighted by atomic mass is 32.1. The number of rotatable bonds is 3. The Labute approximate surface area is 109 Å². The molecule has 0 bridgehead atoms. The summed E-state index contributed by atoms with van der Waals surface area (Å²) in [5, 5.41) is 9.71. The molecule has 0 saturated heterocycles. The van der Waals surface area contributed by atoms with Crippen molar-refractivity contribution in [2.75, 3.05) is 0 Å². The fraction of sp³-hybridized carbons (Fsp3) is 0. The van der Waals surface area contributed by atoms with E-state index in [1.165, 1.54) is 11.3 Å². The average Bonchev–Trinajstić information content (AvgIpc) is 2.80. The number of benzene rings is 2. The number of ether oxygens (including phenoxy) is 1. The highest BCUT2D eigenvalue weighted by Gasteiger charge is 2.06. The number of hydrogen-bond acceptors (Lipinski definition) is 4. The van der Waals surface area contributed by atoms with Crippen molar-refractivity contribution in [1.82, 2.24) is 4.98 Å². The molecule has 0 unspecified atom stereocenters. The van der Waals surface area contributed by atoms with Crippen LogP contribution in [0.15, 0.2) is 48.5 Å². The number of nitrogens with zero attached hydrogens (tertiary/aromatic N) is 1. The first-order valence-electron chi connectivity index (χ1n) is 5.58. The summed E-state index contributed by atoms with van der Waals surface area (Å²) in [4.78, 5) is 4.40. The minimum absolute atomic E-state index is 0.0444. The average molecular weight is 255 g/mol. The molecule has 0 radical (unpaired) electrons. The van der Waals surface area contributed by atoms with E-state index >= 15 is 0 Å². The van der Waals surface area contributed by atoms with Gasteiger partial charge in [-0.3, -0.25) is 0 Å². The third-order valence-corrected chi connectivity index (χ3v) is 3.46. The van der Waals surface area contributed by atoms with Crippen molar-refractivity contribution in [1.29, 1.82) is 0 Å². The fourth-order valence-corrected chi connectivity index (χ4v) is 2.58. The van der Waals surface area contributed by atoms with Crippen LogP contribution < -0.4 is 10.2 Å². The zero-order valence-corrected chi connectivity index (χ0v) is 10.4. The van der Waals surface area contributed by atoms with Gasteiger partial charge >= 0.3 is 7.48 Å². The number of aromatic nitrogens is 1. The van der Waals surface area contributed by atoms with Crippen molar-refractivity contribution >= 4 is 34.5 Å². The van der Waals surface area contributed by atoms with E-state index in [1.54, 1.807) is 0 Å². The third-order valence-electron chi connectivity index (χ3n) is 2.56. The van der Waals surface area contributed by atoms with Gasteiger partial charge in [-0.25, -0.2) is 4.98 Å². The minimum atomic E-state index is 0.0444. The standard InChI is InChI=1S/C13H10BNO2S/c16-14-9-6-7-11-12(8-9)18-13(15-11)17-10-4-2-1-3-5-10/h1-8,14,16H. The second-order valence-electron chi connectivity index (χ2n) is 3.86. The normalized spacial score (nSPS) is 10.5. The van der Waals surface area contributed by atoms with E-state index in [1.807, 2.05) is 48.5 Å². The predicted octanol–water partition coefficient (Wildman–Crippen LogP) is 2.06. The van der Waals surface area contributed by atoms with Gasteiger partial charge in [0.1, 0.15) is 5.75 Å². The summed E-state index contributed by atoms with van der Waals surface area (Å²) < 4.78 is 6.70. The molecule has 0 aliphatic carbocycles. The van der Waals surface area contributed by atoms with Gasteiger partial charge in [0.15, 0.2) is 0 Å². The molecule has 0 amide bonds. The molecule has 18 heavy (non-hydrogen) atoms. The fourth-order valence-electron chi connectivity index (χ4n) is 1.68. The molecule has 0 spiro atoms. The van der Waals surface area contributed by atoms with Crippen LogP contribution in [-0.2, 0) is 0 Å². The molecule has 0 saturated carbocycles. The largest absolute Gasteiger partial charge is 0.449 e. The first-order valence-corrected chi connectivity index (χ1v) is 6.40. The molecule has 0 fully saturated rings. The lowest BCUT2D eigenvalue weighted by atomic mass is 9.89. The van der Waals surface area contributed by atoms with Crippen LogP contribution >= 0.6 is 11.3 Å². The van der Waals surface area contributed by atoms with Gasteiger partial charge < -0.3 is 9.76 Å². The summed E-state index contributed by atoms with van der Waals surface area (Å²) in [6.45, 7) is 0. The molecule has 3 rings (SSSR count). The van der Waals surface area contributed by atoms with E-state index in [-0.39, 0.29) is 7.48 Å². The lowest BCUT2D eigenvalue weighted by molar-refractivity contribution is 0.480. The molecule has 1 aromatic heterocycles. The summed E-state index contributed by atoms with van der Waals surface area (Å²) in [5.41, 5.74) is 1.78. The van der Waals surface area contributed by atoms with Gasteiger partial charge in [0.2, 0.25) is 0 Å². The summed E-state index contributed by atoms with van der Waals surface area (Å²) in [7, 11) is 0.0444. The van der Waals surface area contributed by atoms with E-state index < -0.39 is 0 Å². The number of para-hydroxylation sites is 1. The lowest BCUT2D eigenvalue weighted by Crippen LogP contribution is -2.11. The molecular formula is C13H10BNO2S. The van der Waals surface area contributed by atoms with Crippen LogP contribution in [0.3, 0.4) is 0 Å². The van der Waals surface area contributed by atoms with Gasteiger partial charge in [-0.05, 0) is 24.3 Å². The zero-order chi connectivity index (χ0) is 12.4. The summed E-state index contributed by atoms with van der Waals surface area (Å²) >= 11 is 1.48. The molecule has 3 aromatic rings. The van der Waals surface area contributed by atoms with Crippen molar-refractivity contribution in [2.24, 2.45) is 0 Å². The number of hydrogen-bond donors (Lipinski definition) is 1. The van der Waals surface area contributed by atoms with Crippen LogP contribution in [0, 0.1) is 0 Å². The highest BCUT2D eigenvalue weighted by molar-refractivity contribution is 7.20. The molecule has 3 nitrogen and oxygen atoms in total. The van der Waals surface area contributed by atoms with Crippen molar-refractivity contribution < 1.29 is 9.76 Å². The molecule has 1 heterocycles. The van der Waals surface area contributed by atoms with Crippen molar-refractivity contribution in [3.63, 3.8) is 0 Å². The topological polar surface area (TPSA) is 42.4 Å². The zero-order valence-electron chi connectivity index (χ0n) is 9.54. The Kier molecular flexibility index (Phi) is 3.00. The van der Waals surface area contributed by atoms with Gasteiger partial charge in [-0.2, -0.15) is 0 Å². The van der Waals surface area contributed by atoms with Gasteiger partial charge in [-0.1, -0.05) is 41.1 Å². The smallest absolute Gasteiger partial charge is 0.304 e. The molecule has 88 valence electrons. The maximum Gasteiger partial charge on any atom is 0.304 e. The second kappa shape index (κ2) is 4.80. The first kappa shape index (κ1) is 11.3. The Morgan fingerprint density at radius 2 is 1.94 bits per heavy atom. The van der Waals surface area contributed by atoms with Crippen LogP contribution in [0.4, 0.5) is 0 Å². The van der Waals surface area contributed by atoms with E-state index in [9.17, 15) is 0 Å². The SMILES string of the molecule is OBc1ccc2nc(Oc3ccccc3)sc2c1. The molecule has 0 aliphatic heterocycles. The Hall–Kier alpha value is -1.85. The van der Waals surface area contributed by atoms with E-state index in [2.05, 4.69) is 4.98 Å². The van der Waals surface area contributed by atoms with Gasteiger partial charge in [0, 0.05) is 0 Å². The maximum absolute atomic E-state index is 9.09. The second-order valence-corrected chi connectivity index (χ2v) is 4.85. The van der Waals surface area contributed by atoms with Gasteiger partial charge in [0.25, 0.3) is 5.19 Å². The highest BCUT2D eigenvalue weighted by Crippen LogP contribution is 2.30. The third kappa shape index (κ3) is 2.23. The number of thiazole rings is 1. The van der Waals surface area contributed by atoms with Crippen LogP contribution in [-0.4, -0.2) is 17.5 Å². The van der Waals surface area contributed by atoms with Crippen LogP contribution in [0.2, 0.25) is 0 Å². The minimum Gasteiger partial charge on any atom is -0.449 e. The van der Waals surface area contributed by atoms with Crippen molar-refractivity contribution in [3.05, 3.63) is 48.5 Å². The van der Waals surface area contributed by atoms with E-state index in [0.717, 1.165) is 21.4 Å². The van der Waals surface area contributed by atoms with Crippen LogP contribution in [0.1, 0.15) is 0 Å². The molecule has 2 aromatic carbocycles. The predicted molar refractivity (Wildman–Crippen MR) is 75.1 cm³/mol. The Morgan fingerprint density at radius 3 is 2.72 bits per heavy atom. The number of fused-ring (bicyclic) bond motifs is 1. The van der Waals surface area contributed by atoms with Crippen molar-refractivity contribution in [3.8, 4) is 10.9 Å². The van der Waals surface area contributed by atoms with Crippen molar-refractivity contribution in [2.45, 2.75) is 0 Å². The Balaban J connectivity index is 1.94. The van der Waals surface area contributed by atoms with E-state index in [0.29, 0.717) is 5.19 Å². The van der Waals surface area contributed by atoms with Gasteiger partial charge in [-0.15, -0.1) is 0 Å². The monoisotopic (exact) mass is 255 g/mol. The van der Waals surface area contributed by atoms with Crippen LogP contribution in [0.5, 0.6) is 10.9 Å². The quantitative estimate of drug-likeness (QED) is 0.728. The Morgan fingerprint density at radius 1 is 1.11 bits per heavy atom. The summed E-state index contributed by atoms with van der Waals surface area (Å²) in [6.07, 6.45) is 0. The lowest BCUT2D eigenvalue weighted by Gasteiger charge is -1.98. The molecule has 0 aliphatic rings. The maximum atomic E-state index is 9.09. The Bertz CT molecular complexity index is 669. The summed E-state index contributed by atoms with van der Waals surface area (Å²) in [5.74, 6) is 0.777. The van der Waals surface area contributed by atoms with Gasteiger partial charge in [0.05, 0.1) is 10.2 Å². The molecule has 0 atom stereocenters. The molecule has 1 N–H and O–H groups in total. The summed E-state index contributed by atoms with van der Waals surface area (Å²) in [6, 6.07) is 15.3. The van der Waals surface area contributed by atoms with Crippen LogP contribution in [0.25, 0.3) is 10.2 Å². The first-order chi connectivity index (χ1) is 8.85. The molecule has 5 heteroatoms. The molecular weight excluding hydrogens is 245 g/mol. The van der Waals surface area contributed by atoms with E-state index in [4.69, 9.17) is 9.76 Å².